The molecule has 0 radical (unpaired) electrons. The molecule has 0 unspecified atom stereocenters. The first-order chi connectivity index (χ1) is 14.5. The largest absolute Gasteiger partial charge is 0.480 e. The second kappa shape index (κ2) is 20.1. The third-order valence-electron chi connectivity index (χ3n) is 4.62. The Kier molecular flexibility index (Phi) is 18.7. The molecule has 0 aliphatic carbocycles. The maximum absolute atomic E-state index is 11.7. The van der Waals surface area contributed by atoms with E-state index >= 15 is 0 Å². The van der Waals surface area contributed by atoms with E-state index < -0.39 is 24.5 Å². The van der Waals surface area contributed by atoms with Gasteiger partial charge in [-0.3, -0.25) is 9.59 Å². The fraction of sp³-hybridized carbons (Fsp3) is 0.696. The van der Waals surface area contributed by atoms with Crippen molar-refractivity contribution in [3.63, 3.8) is 0 Å². The molecular formula is C23H40N2O5. The molecule has 0 aromatic rings. The van der Waals surface area contributed by atoms with Gasteiger partial charge < -0.3 is 20.8 Å². The summed E-state index contributed by atoms with van der Waals surface area (Å²) < 4.78 is 0. The number of carbonyl (C=O) groups is 3. The number of allylic oxidation sites excluding steroid dienone is 4. The number of hydrogen-bond acceptors (Lipinski definition) is 4. The molecular weight excluding hydrogens is 384 g/mol. The van der Waals surface area contributed by atoms with Crippen LogP contribution in [0.5, 0.6) is 0 Å². The molecule has 4 N–H and O–H groups in total. The maximum Gasteiger partial charge on any atom is 0.328 e. The molecule has 172 valence electrons. The van der Waals surface area contributed by atoms with Gasteiger partial charge in [0.25, 0.3) is 0 Å². The molecule has 0 rings (SSSR count). The number of carboxylic acid groups (broad SMARTS) is 1. The number of carboxylic acids is 1. The van der Waals surface area contributed by atoms with Crippen LogP contribution in [-0.4, -0.2) is 47.2 Å². The summed E-state index contributed by atoms with van der Waals surface area (Å²) in [7, 11) is 0. The molecule has 0 saturated heterocycles. The summed E-state index contributed by atoms with van der Waals surface area (Å²) in [5, 5.41) is 22.2. The highest BCUT2D eigenvalue weighted by molar-refractivity contribution is 5.87. The molecule has 0 spiro atoms. The van der Waals surface area contributed by atoms with E-state index in [9.17, 15) is 14.4 Å². The summed E-state index contributed by atoms with van der Waals surface area (Å²) in [6.07, 6.45) is 21.5. The van der Waals surface area contributed by atoms with Gasteiger partial charge in [0.05, 0.1) is 13.2 Å². The van der Waals surface area contributed by atoms with Gasteiger partial charge in [-0.05, 0) is 38.5 Å². The first-order valence-electron chi connectivity index (χ1n) is 11.2. The normalized spacial score (nSPS) is 12.3. The van der Waals surface area contributed by atoms with Crippen LogP contribution in [0.4, 0.5) is 0 Å². The van der Waals surface area contributed by atoms with E-state index in [1.54, 1.807) is 0 Å². The third-order valence-corrected chi connectivity index (χ3v) is 4.62. The van der Waals surface area contributed by atoms with E-state index in [2.05, 4.69) is 41.9 Å². The van der Waals surface area contributed by atoms with Crippen molar-refractivity contribution in [3.05, 3.63) is 24.3 Å². The number of hydrogen-bond donors (Lipinski definition) is 4. The van der Waals surface area contributed by atoms with Crippen molar-refractivity contribution in [1.29, 1.82) is 0 Å². The number of unbranched alkanes of at least 4 members (excludes halogenated alkanes) is 8. The number of aliphatic hydroxyl groups excluding tert-OH is 1. The second-order valence-corrected chi connectivity index (χ2v) is 7.40. The van der Waals surface area contributed by atoms with Gasteiger partial charge in [-0.15, -0.1) is 0 Å². The van der Waals surface area contributed by atoms with E-state index in [1.165, 1.54) is 25.7 Å². The van der Waals surface area contributed by atoms with Crippen LogP contribution in [0.25, 0.3) is 0 Å². The lowest BCUT2D eigenvalue weighted by atomic mass is 10.1. The standard InChI is InChI=1S/C23H40N2O5/c1-2-3-4-5-6-7-8-9-10-11-12-13-14-15-16-17-21(27)24-18-22(28)25-20(19-26)23(29)30/h6-7,9-10,20,26H,2-5,8,11-19H2,1H3,(H,24,27)(H,25,28)(H,29,30)/b7-6-,10-9-/t20-/m0/s1. The summed E-state index contributed by atoms with van der Waals surface area (Å²) in [5.74, 6) is -2.18. The van der Waals surface area contributed by atoms with E-state index in [-0.39, 0.29) is 12.5 Å². The smallest absolute Gasteiger partial charge is 0.328 e. The number of nitrogens with one attached hydrogen (secondary N) is 2. The van der Waals surface area contributed by atoms with Crippen molar-refractivity contribution in [2.45, 2.75) is 90.0 Å². The summed E-state index contributed by atoms with van der Waals surface area (Å²) in [6, 6.07) is -1.35. The highest BCUT2D eigenvalue weighted by Gasteiger charge is 2.18. The zero-order valence-corrected chi connectivity index (χ0v) is 18.4. The van der Waals surface area contributed by atoms with Crippen LogP contribution in [0.2, 0.25) is 0 Å². The predicted octanol–water partition coefficient (Wildman–Crippen LogP) is 3.48. The fourth-order valence-electron chi connectivity index (χ4n) is 2.80. The van der Waals surface area contributed by atoms with Crippen LogP contribution in [0, 0.1) is 0 Å². The molecule has 30 heavy (non-hydrogen) atoms. The monoisotopic (exact) mass is 424 g/mol. The van der Waals surface area contributed by atoms with Gasteiger partial charge in [0.2, 0.25) is 11.8 Å². The van der Waals surface area contributed by atoms with Crippen molar-refractivity contribution in [2.24, 2.45) is 0 Å². The number of rotatable bonds is 19. The van der Waals surface area contributed by atoms with E-state index in [0.29, 0.717) is 6.42 Å². The highest BCUT2D eigenvalue weighted by Crippen LogP contribution is 2.08. The summed E-state index contributed by atoms with van der Waals surface area (Å²) >= 11 is 0. The van der Waals surface area contributed by atoms with Gasteiger partial charge in [0.1, 0.15) is 6.04 Å². The topological polar surface area (TPSA) is 116 Å². The number of aliphatic carboxylic acids is 1. The van der Waals surface area contributed by atoms with E-state index in [4.69, 9.17) is 10.2 Å². The zero-order chi connectivity index (χ0) is 22.5. The van der Waals surface area contributed by atoms with Gasteiger partial charge in [0.15, 0.2) is 0 Å². The first-order valence-corrected chi connectivity index (χ1v) is 11.2. The van der Waals surface area contributed by atoms with Crippen molar-refractivity contribution >= 4 is 17.8 Å². The van der Waals surface area contributed by atoms with Gasteiger partial charge >= 0.3 is 5.97 Å². The minimum atomic E-state index is -1.35. The Hall–Kier alpha value is -2.15. The average Bonchev–Trinajstić information content (AvgIpc) is 2.73. The minimum absolute atomic E-state index is 0.230. The molecule has 0 aromatic carbocycles. The van der Waals surface area contributed by atoms with Crippen molar-refractivity contribution in [2.75, 3.05) is 13.2 Å². The lowest BCUT2D eigenvalue weighted by Crippen LogP contribution is -2.47. The fourth-order valence-corrected chi connectivity index (χ4v) is 2.80. The predicted molar refractivity (Wildman–Crippen MR) is 119 cm³/mol. The maximum atomic E-state index is 11.7. The Morgan fingerprint density at radius 2 is 1.43 bits per heavy atom. The van der Waals surface area contributed by atoms with Crippen LogP contribution in [-0.2, 0) is 14.4 Å². The molecule has 0 bridgehead atoms. The molecule has 0 aliphatic heterocycles. The van der Waals surface area contributed by atoms with Crippen LogP contribution in [0.1, 0.15) is 84.0 Å². The van der Waals surface area contributed by atoms with Crippen LogP contribution in [0.3, 0.4) is 0 Å². The lowest BCUT2D eigenvalue weighted by molar-refractivity contribution is -0.142. The molecule has 0 fully saturated rings. The minimum Gasteiger partial charge on any atom is -0.480 e. The summed E-state index contributed by atoms with van der Waals surface area (Å²) in [5.41, 5.74) is 0. The summed E-state index contributed by atoms with van der Waals surface area (Å²) in [6.45, 7) is 1.23. The quantitative estimate of drug-likeness (QED) is 0.187. The van der Waals surface area contributed by atoms with E-state index in [0.717, 1.165) is 44.9 Å². The van der Waals surface area contributed by atoms with Crippen LogP contribution >= 0.6 is 0 Å². The first kappa shape index (κ1) is 27.8. The van der Waals surface area contributed by atoms with Gasteiger partial charge in [-0.25, -0.2) is 4.79 Å². The molecule has 2 amide bonds. The van der Waals surface area contributed by atoms with Crippen LogP contribution < -0.4 is 10.6 Å². The van der Waals surface area contributed by atoms with Crippen molar-refractivity contribution in [1.82, 2.24) is 10.6 Å². The SMILES string of the molecule is CCCCC/C=C\C/C=C\CCCCCCCC(=O)NCC(=O)N[C@@H](CO)C(=O)O. The zero-order valence-electron chi connectivity index (χ0n) is 18.4. The number of aliphatic hydroxyl groups is 1. The Morgan fingerprint density at radius 1 is 0.833 bits per heavy atom. The summed E-state index contributed by atoms with van der Waals surface area (Å²) in [4.78, 5) is 33.9. The molecule has 7 nitrogen and oxygen atoms in total. The number of amides is 2. The number of carbonyl (C=O) groups excluding carboxylic acids is 2. The average molecular weight is 425 g/mol. The molecule has 7 heteroatoms. The van der Waals surface area contributed by atoms with Gasteiger partial charge in [0, 0.05) is 6.42 Å². The van der Waals surface area contributed by atoms with Gasteiger partial charge in [-0.1, -0.05) is 63.3 Å². The molecule has 0 saturated carbocycles. The van der Waals surface area contributed by atoms with Crippen molar-refractivity contribution < 1.29 is 24.6 Å². The second-order valence-electron chi connectivity index (χ2n) is 7.40. The molecule has 1 atom stereocenters. The van der Waals surface area contributed by atoms with Crippen molar-refractivity contribution in [3.8, 4) is 0 Å². The highest BCUT2D eigenvalue weighted by atomic mass is 16.4. The Balaban J connectivity index is 3.53. The molecule has 0 heterocycles. The lowest BCUT2D eigenvalue weighted by Gasteiger charge is -2.12. The Labute approximate surface area is 181 Å². The third kappa shape index (κ3) is 17.9. The Bertz CT molecular complexity index is 532. The van der Waals surface area contributed by atoms with Crippen LogP contribution in [0.15, 0.2) is 24.3 Å². The van der Waals surface area contributed by atoms with E-state index in [1.807, 2.05) is 0 Å². The molecule has 0 aliphatic rings. The molecule has 0 aromatic heterocycles. The Morgan fingerprint density at radius 3 is 2.03 bits per heavy atom. The van der Waals surface area contributed by atoms with Gasteiger partial charge in [-0.2, -0.15) is 0 Å².